The van der Waals surface area contributed by atoms with Gasteiger partial charge < -0.3 is 9.73 Å². The quantitative estimate of drug-likeness (QED) is 0.568. The van der Waals surface area contributed by atoms with Gasteiger partial charge in [-0.15, -0.1) is 0 Å². The first-order chi connectivity index (χ1) is 12.1. The number of furan rings is 1. The van der Waals surface area contributed by atoms with Gasteiger partial charge in [0.25, 0.3) is 5.91 Å². The number of para-hydroxylation sites is 1. The van der Waals surface area contributed by atoms with E-state index in [0.29, 0.717) is 5.71 Å². The summed E-state index contributed by atoms with van der Waals surface area (Å²) in [5, 5.41) is 4.78. The lowest BCUT2D eigenvalue weighted by atomic mass is 10.1. The Morgan fingerprint density at radius 1 is 1.08 bits per heavy atom. The molecule has 1 amide bonds. The zero-order valence-electron chi connectivity index (χ0n) is 14.2. The van der Waals surface area contributed by atoms with Crippen LogP contribution in [0.15, 0.2) is 59.0 Å². The molecular formula is C21H18N2O2. The minimum absolute atomic E-state index is 0.264. The number of nitrogens with one attached hydrogen (secondary N) is 1. The van der Waals surface area contributed by atoms with Crippen molar-refractivity contribution in [2.24, 2.45) is 0 Å². The smallest absolute Gasteiger partial charge is 0.291 e. The summed E-state index contributed by atoms with van der Waals surface area (Å²) in [6.07, 6.45) is 0.850. The van der Waals surface area contributed by atoms with Crippen molar-refractivity contribution < 1.29 is 9.21 Å². The molecule has 0 atom stereocenters. The molecule has 4 heteroatoms. The number of nitrogens with zero attached hydrogens (tertiary/aromatic N) is 1. The highest BCUT2D eigenvalue weighted by Crippen LogP contribution is 2.24. The summed E-state index contributed by atoms with van der Waals surface area (Å²) in [5.41, 5.74) is 4.38. The Morgan fingerprint density at radius 3 is 2.76 bits per heavy atom. The standard InChI is InChI=1S/C21H18N2O2/c1-3-14-6-4-5-7-17(14)22-20(24)19-12-16-11-15-9-8-13(2)10-18(15)23-21(16)25-19/h4-12H,3H2,1-2H3,(H,22,24). The maximum absolute atomic E-state index is 12.6. The van der Waals surface area contributed by atoms with Crippen LogP contribution in [0.25, 0.3) is 22.0 Å². The van der Waals surface area contributed by atoms with Crippen LogP contribution in [0.5, 0.6) is 0 Å². The molecule has 0 spiro atoms. The van der Waals surface area contributed by atoms with Crippen molar-refractivity contribution in [3.63, 3.8) is 0 Å². The van der Waals surface area contributed by atoms with E-state index in [-0.39, 0.29) is 11.7 Å². The lowest BCUT2D eigenvalue weighted by Crippen LogP contribution is -2.12. The van der Waals surface area contributed by atoms with Gasteiger partial charge in [-0.2, -0.15) is 0 Å². The summed E-state index contributed by atoms with van der Waals surface area (Å²) in [7, 11) is 0. The van der Waals surface area contributed by atoms with Crippen molar-refractivity contribution in [1.82, 2.24) is 4.98 Å². The maximum atomic E-state index is 12.6. The Hall–Kier alpha value is -3.14. The topological polar surface area (TPSA) is 55.1 Å². The molecule has 0 aliphatic heterocycles. The third kappa shape index (κ3) is 2.87. The van der Waals surface area contributed by atoms with E-state index in [0.717, 1.165) is 39.5 Å². The van der Waals surface area contributed by atoms with Gasteiger partial charge in [0.1, 0.15) is 0 Å². The van der Waals surface area contributed by atoms with E-state index in [1.54, 1.807) is 6.07 Å². The van der Waals surface area contributed by atoms with Crippen LogP contribution >= 0.6 is 0 Å². The van der Waals surface area contributed by atoms with E-state index >= 15 is 0 Å². The predicted molar refractivity (Wildman–Crippen MR) is 100 cm³/mol. The average molecular weight is 330 g/mol. The summed E-state index contributed by atoms with van der Waals surface area (Å²) < 4.78 is 5.70. The van der Waals surface area contributed by atoms with E-state index in [1.807, 2.05) is 55.5 Å². The number of carbonyl (C=O) groups is 1. The zero-order chi connectivity index (χ0) is 17.4. The van der Waals surface area contributed by atoms with Crippen molar-refractivity contribution in [2.45, 2.75) is 20.3 Å². The van der Waals surface area contributed by atoms with Crippen LogP contribution in [-0.2, 0) is 6.42 Å². The molecule has 124 valence electrons. The molecule has 4 rings (SSSR count). The van der Waals surface area contributed by atoms with Crippen molar-refractivity contribution >= 4 is 33.6 Å². The van der Waals surface area contributed by atoms with Crippen LogP contribution in [0.2, 0.25) is 0 Å². The van der Waals surface area contributed by atoms with Crippen LogP contribution < -0.4 is 5.32 Å². The van der Waals surface area contributed by atoms with Crippen molar-refractivity contribution in [3.8, 4) is 0 Å². The van der Waals surface area contributed by atoms with Crippen molar-refractivity contribution in [2.75, 3.05) is 5.32 Å². The Balaban J connectivity index is 1.71. The zero-order valence-corrected chi connectivity index (χ0v) is 14.2. The van der Waals surface area contributed by atoms with Crippen LogP contribution in [0.4, 0.5) is 5.69 Å². The average Bonchev–Trinajstić information content (AvgIpc) is 3.03. The van der Waals surface area contributed by atoms with Crippen LogP contribution in [-0.4, -0.2) is 10.9 Å². The molecule has 0 saturated carbocycles. The van der Waals surface area contributed by atoms with Gasteiger partial charge in [-0.05, 0) is 48.7 Å². The van der Waals surface area contributed by atoms with E-state index < -0.39 is 0 Å². The van der Waals surface area contributed by atoms with Crippen molar-refractivity contribution in [1.29, 1.82) is 0 Å². The first-order valence-electron chi connectivity index (χ1n) is 8.34. The number of aryl methyl sites for hydroxylation is 2. The lowest BCUT2D eigenvalue weighted by Gasteiger charge is -2.07. The molecule has 0 aliphatic carbocycles. The molecule has 1 N–H and O–H groups in total. The molecule has 2 aromatic carbocycles. The van der Waals surface area contributed by atoms with Crippen LogP contribution in [0.3, 0.4) is 0 Å². The maximum Gasteiger partial charge on any atom is 0.291 e. The summed E-state index contributed by atoms with van der Waals surface area (Å²) >= 11 is 0. The molecule has 4 aromatic rings. The molecule has 0 saturated heterocycles. The molecule has 4 nitrogen and oxygen atoms in total. The second-order valence-corrected chi connectivity index (χ2v) is 6.15. The lowest BCUT2D eigenvalue weighted by molar-refractivity contribution is 0.0998. The SMILES string of the molecule is CCc1ccccc1NC(=O)c1cc2cc3ccc(C)cc3nc2o1. The van der Waals surface area contributed by atoms with Gasteiger partial charge in [0.15, 0.2) is 5.76 Å². The Labute approximate surface area is 145 Å². The van der Waals surface area contributed by atoms with Gasteiger partial charge in [-0.1, -0.05) is 37.3 Å². The Bertz CT molecular complexity index is 1100. The van der Waals surface area contributed by atoms with Crippen LogP contribution in [0.1, 0.15) is 28.6 Å². The summed E-state index contributed by atoms with van der Waals surface area (Å²) in [6.45, 7) is 4.08. The third-order valence-electron chi connectivity index (χ3n) is 4.33. The largest absolute Gasteiger partial charge is 0.433 e. The van der Waals surface area contributed by atoms with E-state index in [2.05, 4.69) is 17.2 Å². The molecule has 25 heavy (non-hydrogen) atoms. The number of fused-ring (bicyclic) bond motifs is 2. The van der Waals surface area contributed by atoms with E-state index in [1.165, 1.54) is 0 Å². The highest BCUT2D eigenvalue weighted by Gasteiger charge is 2.15. The number of hydrogen-bond acceptors (Lipinski definition) is 3. The molecule has 0 radical (unpaired) electrons. The third-order valence-corrected chi connectivity index (χ3v) is 4.33. The van der Waals surface area contributed by atoms with Gasteiger partial charge in [-0.3, -0.25) is 4.79 Å². The summed E-state index contributed by atoms with van der Waals surface area (Å²) in [4.78, 5) is 17.1. The van der Waals surface area contributed by atoms with Gasteiger partial charge in [0.2, 0.25) is 5.71 Å². The molecule has 0 bridgehead atoms. The monoisotopic (exact) mass is 330 g/mol. The number of carbonyl (C=O) groups excluding carboxylic acids is 1. The minimum atomic E-state index is -0.265. The fourth-order valence-corrected chi connectivity index (χ4v) is 2.98. The number of aromatic nitrogens is 1. The second kappa shape index (κ2) is 6.06. The summed E-state index contributed by atoms with van der Waals surface area (Å²) in [5.74, 6) is -0.000397. The van der Waals surface area contributed by atoms with Gasteiger partial charge >= 0.3 is 0 Å². The van der Waals surface area contributed by atoms with Gasteiger partial charge in [0.05, 0.1) is 5.52 Å². The number of benzene rings is 2. The highest BCUT2D eigenvalue weighted by molar-refractivity contribution is 6.05. The first-order valence-corrected chi connectivity index (χ1v) is 8.34. The highest BCUT2D eigenvalue weighted by atomic mass is 16.4. The van der Waals surface area contributed by atoms with Gasteiger partial charge in [0, 0.05) is 16.5 Å². The molecular weight excluding hydrogens is 312 g/mol. The number of rotatable bonds is 3. The fourth-order valence-electron chi connectivity index (χ4n) is 2.98. The summed E-state index contributed by atoms with van der Waals surface area (Å²) in [6, 6.07) is 17.6. The van der Waals surface area contributed by atoms with Crippen molar-refractivity contribution in [3.05, 3.63) is 71.5 Å². The fraction of sp³-hybridized carbons (Fsp3) is 0.143. The molecule has 0 fully saturated rings. The van der Waals surface area contributed by atoms with E-state index in [4.69, 9.17) is 4.42 Å². The van der Waals surface area contributed by atoms with E-state index in [9.17, 15) is 4.79 Å². The normalized spacial score (nSPS) is 11.1. The number of pyridine rings is 1. The second-order valence-electron chi connectivity index (χ2n) is 6.15. The molecule has 2 heterocycles. The molecule has 0 unspecified atom stereocenters. The van der Waals surface area contributed by atoms with Gasteiger partial charge in [-0.25, -0.2) is 4.98 Å². The number of anilines is 1. The Kier molecular flexibility index (Phi) is 3.73. The molecule has 2 aromatic heterocycles. The van der Waals surface area contributed by atoms with Crippen LogP contribution in [0, 0.1) is 6.92 Å². The minimum Gasteiger partial charge on any atom is -0.433 e. The number of amides is 1. The number of hydrogen-bond donors (Lipinski definition) is 1. The predicted octanol–water partition coefficient (Wildman–Crippen LogP) is 5.10. The first kappa shape index (κ1) is 15.4. The molecule has 0 aliphatic rings. The Morgan fingerprint density at radius 2 is 1.92 bits per heavy atom.